The predicted octanol–water partition coefficient (Wildman–Crippen LogP) is 3.57. The molecule has 3 aromatic rings. The van der Waals surface area contributed by atoms with Crippen LogP contribution in [-0.4, -0.2) is 35.8 Å². The second-order valence-corrected chi connectivity index (χ2v) is 7.16. The van der Waals surface area contributed by atoms with Crippen molar-refractivity contribution in [3.63, 3.8) is 0 Å². The Kier molecular flexibility index (Phi) is 7.80. The van der Waals surface area contributed by atoms with Crippen LogP contribution in [0.1, 0.15) is 40.6 Å². The van der Waals surface area contributed by atoms with Crippen LogP contribution in [-0.2, 0) is 6.54 Å². The minimum absolute atomic E-state index is 0.0909. The van der Waals surface area contributed by atoms with E-state index in [9.17, 15) is 14.4 Å². The Bertz CT molecular complexity index is 1190. The molecule has 9 heteroatoms. The molecule has 1 heterocycles. The smallest absolute Gasteiger partial charge is 0.276 e. The summed E-state index contributed by atoms with van der Waals surface area (Å²) in [4.78, 5) is 37.3. The van der Waals surface area contributed by atoms with E-state index >= 15 is 0 Å². The van der Waals surface area contributed by atoms with Crippen molar-refractivity contribution < 1.29 is 19.1 Å². The minimum Gasteiger partial charge on any atom is -0.494 e. The molecule has 0 saturated heterocycles. The lowest BCUT2D eigenvalue weighted by Gasteiger charge is -2.16. The number of rotatable bonds is 9. The van der Waals surface area contributed by atoms with Gasteiger partial charge in [0.1, 0.15) is 17.2 Å². The molecule has 2 N–H and O–H groups in total. The molecule has 0 spiro atoms. The molecule has 2 aromatic carbocycles. The van der Waals surface area contributed by atoms with E-state index in [1.807, 2.05) is 13.0 Å². The van der Waals surface area contributed by atoms with E-state index in [0.29, 0.717) is 35.0 Å². The van der Waals surface area contributed by atoms with Gasteiger partial charge in [-0.25, -0.2) is 4.68 Å². The Hall–Kier alpha value is -4.14. The molecule has 0 aliphatic heterocycles. The number of carbonyl (C=O) groups is 2. The van der Waals surface area contributed by atoms with Crippen LogP contribution in [0.15, 0.2) is 59.4 Å². The van der Waals surface area contributed by atoms with Crippen LogP contribution in [0.5, 0.6) is 11.5 Å². The fourth-order valence-electron chi connectivity index (χ4n) is 3.10. The van der Waals surface area contributed by atoms with Gasteiger partial charge < -0.3 is 20.1 Å². The molecule has 172 valence electrons. The van der Waals surface area contributed by atoms with E-state index in [1.165, 1.54) is 31.0 Å². The van der Waals surface area contributed by atoms with Crippen LogP contribution < -0.4 is 25.7 Å². The first-order chi connectivity index (χ1) is 16.0. The molecule has 33 heavy (non-hydrogen) atoms. The topological polar surface area (TPSA) is 112 Å². The Morgan fingerprint density at radius 2 is 1.52 bits per heavy atom. The highest BCUT2D eigenvalue weighted by Gasteiger charge is 2.18. The van der Waals surface area contributed by atoms with Crippen molar-refractivity contribution >= 4 is 23.2 Å². The summed E-state index contributed by atoms with van der Waals surface area (Å²) in [6.07, 6.45) is 1.67. The number of benzene rings is 2. The Morgan fingerprint density at radius 3 is 2.09 bits per heavy atom. The fraction of sp³-hybridized carbons (Fsp3) is 0.250. The Morgan fingerprint density at radius 1 is 0.909 bits per heavy atom. The number of ether oxygens (including phenoxy) is 2. The van der Waals surface area contributed by atoms with Crippen molar-refractivity contribution in [3.05, 3.63) is 76.2 Å². The third-order valence-electron chi connectivity index (χ3n) is 4.88. The van der Waals surface area contributed by atoms with Crippen molar-refractivity contribution in [2.45, 2.75) is 26.3 Å². The molecule has 3 rings (SSSR count). The third-order valence-corrected chi connectivity index (χ3v) is 4.88. The van der Waals surface area contributed by atoms with Crippen molar-refractivity contribution in [1.29, 1.82) is 0 Å². The number of nitrogens with one attached hydrogen (secondary N) is 2. The van der Waals surface area contributed by atoms with Gasteiger partial charge in [-0.15, -0.1) is 0 Å². The van der Waals surface area contributed by atoms with Gasteiger partial charge in [-0.1, -0.05) is 31.5 Å². The van der Waals surface area contributed by atoms with E-state index in [4.69, 9.17) is 9.47 Å². The SMILES string of the molecule is CCCCn1nc(C(=O)Nc2cc(OC)c(NC(=O)c3ccccc3)cc2OC)ccc1=O. The maximum Gasteiger partial charge on any atom is 0.276 e. The standard InChI is InChI=1S/C24H26N4O5/c1-4-5-13-28-22(29)12-11-17(27-28)24(31)26-19-15-20(32-2)18(14-21(19)33-3)25-23(30)16-9-7-6-8-10-16/h6-12,14-15H,4-5,13H2,1-3H3,(H,25,30)(H,26,31). The lowest BCUT2D eigenvalue weighted by atomic mass is 10.2. The predicted molar refractivity (Wildman–Crippen MR) is 125 cm³/mol. The van der Waals surface area contributed by atoms with Gasteiger partial charge in [0.05, 0.1) is 25.6 Å². The van der Waals surface area contributed by atoms with Crippen molar-refractivity contribution in [1.82, 2.24) is 9.78 Å². The molecule has 0 unspecified atom stereocenters. The number of hydrogen-bond acceptors (Lipinski definition) is 6. The van der Waals surface area contributed by atoms with Gasteiger partial charge in [0.2, 0.25) is 0 Å². The summed E-state index contributed by atoms with van der Waals surface area (Å²) in [6.45, 7) is 2.44. The monoisotopic (exact) mass is 450 g/mol. The number of aromatic nitrogens is 2. The van der Waals surface area contributed by atoms with Gasteiger partial charge in [-0.3, -0.25) is 14.4 Å². The molecule has 9 nitrogen and oxygen atoms in total. The number of hydrogen-bond donors (Lipinski definition) is 2. The lowest BCUT2D eigenvalue weighted by molar-refractivity contribution is 0.101. The average molecular weight is 450 g/mol. The normalized spacial score (nSPS) is 10.4. The van der Waals surface area contributed by atoms with Crippen molar-refractivity contribution in [2.75, 3.05) is 24.9 Å². The summed E-state index contributed by atoms with van der Waals surface area (Å²) in [5.74, 6) is -0.184. The van der Waals surface area contributed by atoms with Crippen LogP contribution in [0.2, 0.25) is 0 Å². The summed E-state index contributed by atoms with van der Waals surface area (Å²) >= 11 is 0. The van der Waals surface area contributed by atoms with Crippen LogP contribution in [0.3, 0.4) is 0 Å². The summed E-state index contributed by atoms with van der Waals surface area (Å²) in [7, 11) is 2.90. The summed E-state index contributed by atoms with van der Waals surface area (Å²) in [5, 5.41) is 9.68. The Labute approximate surface area is 191 Å². The van der Waals surface area contributed by atoms with Crippen molar-refractivity contribution in [2.24, 2.45) is 0 Å². The Balaban J connectivity index is 1.85. The third kappa shape index (κ3) is 5.76. The largest absolute Gasteiger partial charge is 0.494 e. The number of aryl methyl sites for hydroxylation is 1. The highest BCUT2D eigenvalue weighted by molar-refractivity contribution is 6.06. The molecule has 1 aromatic heterocycles. The zero-order valence-electron chi connectivity index (χ0n) is 18.8. The van der Waals surface area contributed by atoms with Gasteiger partial charge in [0.15, 0.2) is 0 Å². The molecule has 0 fully saturated rings. The van der Waals surface area contributed by atoms with E-state index < -0.39 is 5.91 Å². The van der Waals surface area contributed by atoms with Crippen LogP contribution in [0.25, 0.3) is 0 Å². The number of nitrogens with zero attached hydrogens (tertiary/aromatic N) is 2. The number of carbonyl (C=O) groups excluding carboxylic acids is 2. The molecule has 0 aliphatic rings. The van der Waals surface area contributed by atoms with Crippen LogP contribution in [0, 0.1) is 0 Å². The maximum atomic E-state index is 12.8. The summed E-state index contributed by atoms with van der Waals surface area (Å²) in [6, 6.07) is 14.5. The quantitative estimate of drug-likeness (QED) is 0.516. The van der Waals surface area contributed by atoms with E-state index in [0.717, 1.165) is 12.8 Å². The maximum absolute atomic E-state index is 12.8. The van der Waals surface area contributed by atoms with Gasteiger partial charge in [0.25, 0.3) is 17.4 Å². The summed E-state index contributed by atoms with van der Waals surface area (Å²) < 4.78 is 12.1. The van der Waals surface area contributed by atoms with Crippen LogP contribution in [0.4, 0.5) is 11.4 Å². The van der Waals surface area contributed by atoms with Crippen LogP contribution >= 0.6 is 0 Å². The molecular weight excluding hydrogens is 424 g/mol. The first-order valence-electron chi connectivity index (χ1n) is 10.5. The molecule has 2 amide bonds. The van der Waals surface area contributed by atoms with Gasteiger partial charge in [0, 0.05) is 30.3 Å². The van der Waals surface area contributed by atoms with Gasteiger partial charge in [-0.2, -0.15) is 5.10 Å². The van der Waals surface area contributed by atoms with Gasteiger partial charge in [-0.05, 0) is 24.6 Å². The second-order valence-electron chi connectivity index (χ2n) is 7.16. The summed E-state index contributed by atoms with van der Waals surface area (Å²) in [5.41, 5.74) is 1.02. The fourth-order valence-corrected chi connectivity index (χ4v) is 3.10. The molecule has 0 saturated carbocycles. The van der Waals surface area contributed by atoms with E-state index in [1.54, 1.807) is 36.4 Å². The number of unbranched alkanes of at least 4 members (excludes halogenated alkanes) is 1. The van der Waals surface area contributed by atoms with E-state index in [2.05, 4.69) is 15.7 Å². The minimum atomic E-state index is -0.512. The first-order valence-corrected chi connectivity index (χ1v) is 10.5. The number of anilines is 2. The van der Waals surface area contributed by atoms with Crippen molar-refractivity contribution in [3.8, 4) is 11.5 Å². The lowest BCUT2D eigenvalue weighted by Crippen LogP contribution is -2.26. The van der Waals surface area contributed by atoms with Gasteiger partial charge >= 0.3 is 0 Å². The molecule has 0 radical (unpaired) electrons. The second kappa shape index (κ2) is 10.9. The molecule has 0 aliphatic carbocycles. The zero-order valence-corrected chi connectivity index (χ0v) is 18.8. The highest BCUT2D eigenvalue weighted by Crippen LogP contribution is 2.36. The molecular formula is C24H26N4O5. The number of methoxy groups -OCH3 is 2. The molecule has 0 atom stereocenters. The molecule has 0 bridgehead atoms. The average Bonchev–Trinajstić information content (AvgIpc) is 2.84. The highest BCUT2D eigenvalue weighted by atomic mass is 16.5. The zero-order chi connectivity index (χ0) is 23.8. The first kappa shape index (κ1) is 23.5. The number of amides is 2. The van der Waals surface area contributed by atoms with E-state index in [-0.39, 0.29) is 17.2 Å².